The number of furan rings is 1. The number of amides is 1. The van der Waals surface area contributed by atoms with Gasteiger partial charge in [0.25, 0.3) is 5.91 Å². The minimum atomic E-state index is -0.196. The topological polar surface area (TPSA) is 62.5 Å². The third kappa shape index (κ3) is 2.96. The highest BCUT2D eigenvalue weighted by Crippen LogP contribution is 2.24. The van der Waals surface area contributed by atoms with Gasteiger partial charge in [0.15, 0.2) is 5.76 Å². The van der Waals surface area contributed by atoms with Crippen LogP contribution in [0.15, 0.2) is 28.7 Å². The number of nitrogens with one attached hydrogen (secondary N) is 1. The summed E-state index contributed by atoms with van der Waals surface area (Å²) in [4.78, 5) is 12.1. The molecule has 2 rings (SSSR count). The molecule has 2 aromatic rings. The lowest BCUT2D eigenvalue weighted by atomic mass is 10.1. The van der Waals surface area contributed by atoms with Gasteiger partial charge in [0.2, 0.25) is 0 Å². The zero-order chi connectivity index (χ0) is 13.8. The van der Waals surface area contributed by atoms with Crippen molar-refractivity contribution in [3.8, 4) is 0 Å². The van der Waals surface area contributed by atoms with E-state index in [1.807, 2.05) is 38.1 Å². The van der Waals surface area contributed by atoms with Crippen molar-refractivity contribution in [3.63, 3.8) is 0 Å². The second-order valence-electron chi connectivity index (χ2n) is 4.88. The van der Waals surface area contributed by atoms with Gasteiger partial charge in [-0.3, -0.25) is 4.79 Å². The van der Waals surface area contributed by atoms with Gasteiger partial charge in [-0.15, -0.1) is 0 Å². The van der Waals surface area contributed by atoms with E-state index in [0.29, 0.717) is 18.7 Å². The van der Waals surface area contributed by atoms with Gasteiger partial charge in [-0.05, 0) is 25.3 Å². The first-order chi connectivity index (χ1) is 9.13. The number of carbonyl (C=O) groups is 1. The van der Waals surface area contributed by atoms with E-state index in [0.717, 1.165) is 16.5 Å². The summed E-state index contributed by atoms with van der Waals surface area (Å²) in [6.07, 6.45) is 0.680. The normalized spacial score (nSPS) is 12.6. The molecular weight excluding hydrogens is 242 g/mol. The van der Waals surface area contributed by atoms with Crippen molar-refractivity contribution in [2.24, 2.45) is 5.92 Å². The molecule has 19 heavy (non-hydrogen) atoms. The monoisotopic (exact) mass is 261 g/mol. The number of aliphatic hydroxyl groups is 1. The molecule has 0 aliphatic carbocycles. The molecule has 0 fully saturated rings. The minimum absolute atomic E-state index is 0.140. The van der Waals surface area contributed by atoms with Crippen LogP contribution in [-0.2, 0) is 0 Å². The first kappa shape index (κ1) is 13.6. The van der Waals surface area contributed by atoms with E-state index >= 15 is 0 Å². The lowest BCUT2D eigenvalue weighted by Crippen LogP contribution is -2.28. The van der Waals surface area contributed by atoms with Gasteiger partial charge in [0.05, 0.1) is 0 Å². The largest absolute Gasteiger partial charge is 0.451 e. The summed E-state index contributed by atoms with van der Waals surface area (Å²) in [6.45, 7) is 4.55. The van der Waals surface area contributed by atoms with Crippen LogP contribution in [0.4, 0.5) is 0 Å². The van der Waals surface area contributed by atoms with Crippen LogP contribution in [0.3, 0.4) is 0 Å². The first-order valence-corrected chi connectivity index (χ1v) is 6.50. The number of hydrogen-bond acceptors (Lipinski definition) is 3. The number of para-hydroxylation sites is 1. The second-order valence-corrected chi connectivity index (χ2v) is 4.88. The second kappa shape index (κ2) is 5.89. The average molecular weight is 261 g/mol. The lowest BCUT2D eigenvalue weighted by molar-refractivity contribution is 0.0919. The molecule has 102 valence electrons. The zero-order valence-electron chi connectivity index (χ0n) is 11.3. The highest BCUT2D eigenvalue weighted by Gasteiger charge is 2.17. The van der Waals surface area contributed by atoms with Crippen molar-refractivity contribution in [2.45, 2.75) is 20.3 Å². The molecule has 0 aliphatic heterocycles. The molecule has 0 saturated heterocycles. The highest BCUT2D eigenvalue weighted by molar-refractivity contribution is 5.98. The number of rotatable bonds is 5. The van der Waals surface area contributed by atoms with E-state index in [-0.39, 0.29) is 18.4 Å². The predicted octanol–water partition coefficient (Wildman–Crippen LogP) is 2.49. The van der Waals surface area contributed by atoms with Crippen molar-refractivity contribution in [1.29, 1.82) is 0 Å². The Labute approximate surface area is 112 Å². The van der Waals surface area contributed by atoms with Crippen molar-refractivity contribution in [1.82, 2.24) is 5.32 Å². The number of carbonyl (C=O) groups excluding carboxylic acids is 1. The van der Waals surface area contributed by atoms with Gasteiger partial charge in [-0.1, -0.05) is 25.1 Å². The Morgan fingerprint density at radius 1 is 1.42 bits per heavy atom. The molecule has 1 heterocycles. The summed E-state index contributed by atoms with van der Waals surface area (Å²) < 4.78 is 5.59. The molecule has 0 saturated carbocycles. The molecule has 0 aliphatic rings. The Morgan fingerprint density at radius 3 is 2.84 bits per heavy atom. The summed E-state index contributed by atoms with van der Waals surface area (Å²) >= 11 is 0. The fourth-order valence-corrected chi connectivity index (χ4v) is 2.06. The number of benzene rings is 1. The third-order valence-corrected chi connectivity index (χ3v) is 3.28. The minimum Gasteiger partial charge on any atom is -0.451 e. The molecular formula is C15H19NO3. The maximum Gasteiger partial charge on any atom is 0.287 e. The number of aryl methyl sites for hydroxylation is 1. The van der Waals surface area contributed by atoms with Gasteiger partial charge < -0.3 is 14.8 Å². The quantitative estimate of drug-likeness (QED) is 0.869. The van der Waals surface area contributed by atoms with E-state index < -0.39 is 0 Å². The Hall–Kier alpha value is -1.81. The van der Waals surface area contributed by atoms with Gasteiger partial charge in [0, 0.05) is 24.1 Å². The van der Waals surface area contributed by atoms with Crippen molar-refractivity contribution in [3.05, 3.63) is 35.6 Å². The maximum absolute atomic E-state index is 12.1. The Kier molecular flexibility index (Phi) is 4.22. The molecule has 4 nitrogen and oxygen atoms in total. The van der Waals surface area contributed by atoms with E-state index in [2.05, 4.69) is 5.32 Å². The van der Waals surface area contributed by atoms with Crippen LogP contribution in [0, 0.1) is 12.8 Å². The fraction of sp³-hybridized carbons (Fsp3) is 0.400. The van der Waals surface area contributed by atoms with E-state index in [1.165, 1.54) is 0 Å². The number of hydrogen-bond donors (Lipinski definition) is 2. The number of fused-ring (bicyclic) bond motifs is 1. The number of aliphatic hydroxyl groups excluding tert-OH is 1. The molecule has 1 aromatic heterocycles. The van der Waals surface area contributed by atoms with Crippen LogP contribution in [-0.4, -0.2) is 24.2 Å². The van der Waals surface area contributed by atoms with Crippen LogP contribution in [0.5, 0.6) is 0 Å². The molecule has 4 heteroatoms. The van der Waals surface area contributed by atoms with E-state index in [1.54, 1.807) is 0 Å². The Balaban J connectivity index is 2.11. The molecule has 1 atom stereocenters. The van der Waals surface area contributed by atoms with Crippen LogP contribution >= 0.6 is 0 Å². The van der Waals surface area contributed by atoms with E-state index in [4.69, 9.17) is 9.52 Å². The van der Waals surface area contributed by atoms with Gasteiger partial charge in [0.1, 0.15) is 5.58 Å². The summed E-state index contributed by atoms with van der Waals surface area (Å²) in [5.74, 6) is 0.425. The third-order valence-electron chi connectivity index (χ3n) is 3.28. The van der Waals surface area contributed by atoms with Crippen LogP contribution in [0.25, 0.3) is 11.0 Å². The fourth-order valence-electron chi connectivity index (χ4n) is 2.06. The molecule has 2 N–H and O–H groups in total. The first-order valence-electron chi connectivity index (χ1n) is 6.50. The van der Waals surface area contributed by atoms with Crippen LogP contribution in [0.2, 0.25) is 0 Å². The highest BCUT2D eigenvalue weighted by atomic mass is 16.3. The van der Waals surface area contributed by atoms with Crippen LogP contribution < -0.4 is 5.32 Å². The Morgan fingerprint density at radius 2 is 2.16 bits per heavy atom. The van der Waals surface area contributed by atoms with Gasteiger partial charge in [-0.2, -0.15) is 0 Å². The van der Waals surface area contributed by atoms with Crippen molar-refractivity contribution in [2.75, 3.05) is 13.2 Å². The van der Waals surface area contributed by atoms with Crippen molar-refractivity contribution >= 4 is 16.9 Å². The zero-order valence-corrected chi connectivity index (χ0v) is 11.3. The van der Waals surface area contributed by atoms with Crippen molar-refractivity contribution < 1.29 is 14.3 Å². The molecule has 0 radical (unpaired) electrons. The molecule has 0 bridgehead atoms. The maximum atomic E-state index is 12.1. The summed E-state index contributed by atoms with van der Waals surface area (Å²) in [7, 11) is 0. The molecule has 1 amide bonds. The molecule has 1 aromatic carbocycles. The Bertz CT molecular complexity index is 574. The van der Waals surface area contributed by atoms with Gasteiger partial charge >= 0.3 is 0 Å². The predicted molar refractivity (Wildman–Crippen MR) is 74.2 cm³/mol. The van der Waals surface area contributed by atoms with Crippen LogP contribution in [0.1, 0.15) is 29.5 Å². The summed E-state index contributed by atoms with van der Waals surface area (Å²) in [5, 5.41) is 12.6. The smallest absolute Gasteiger partial charge is 0.287 e. The molecule has 1 unspecified atom stereocenters. The molecule has 0 spiro atoms. The standard InChI is InChI=1S/C15H19NO3/c1-10(7-8-17)9-16-15(18)14-11(2)12-5-3-4-6-13(12)19-14/h3-6,10,17H,7-9H2,1-2H3,(H,16,18). The average Bonchev–Trinajstić information content (AvgIpc) is 2.74. The SMILES string of the molecule is Cc1c(C(=O)NCC(C)CCO)oc2ccccc12. The van der Waals surface area contributed by atoms with E-state index in [9.17, 15) is 4.79 Å². The summed E-state index contributed by atoms with van der Waals surface area (Å²) in [5.41, 5.74) is 1.59. The summed E-state index contributed by atoms with van der Waals surface area (Å²) in [6, 6.07) is 7.61. The van der Waals surface area contributed by atoms with Gasteiger partial charge in [-0.25, -0.2) is 0 Å². The lowest BCUT2D eigenvalue weighted by Gasteiger charge is -2.10.